The molecule has 3 nitrogen and oxygen atoms in total. The molecule has 0 heterocycles. The molecular weight excluding hydrogens is 583 g/mol. The lowest BCUT2D eigenvalue weighted by atomic mass is 10.2. The largest absolute Gasteiger partial charge is 0.744 e. The lowest BCUT2D eigenvalue weighted by molar-refractivity contribution is 0.463. The summed E-state index contributed by atoms with van der Waals surface area (Å²) in [7, 11) is -7.13. The zero-order valence-electron chi connectivity index (χ0n) is 19.2. The second-order valence-electron chi connectivity index (χ2n) is 7.67. The molecule has 0 atom stereocenters. The van der Waals surface area contributed by atoms with Gasteiger partial charge in [0.05, 0.1) is 4.90 Å². The fourth-order valence-electron chi connectivity index (χ4n) is 3.18. The highest BCUT2D eigenvalue weighted by Crippen LogP contribution is 2.40. The highest BCUT2D eigenvalue weighted by Gasteiger charge is 2.45. The van der Waals surface area contributed by atoms with Crippen molar-refractivity contribution < 1.29 is 52.5 Å². The molecule has 0 fully saturated rings. The van der Waals surface area contributed by atoms with Gasteiger partial charge in [-0.3, -0.25) is 0 Å². The molecule has 39 heavy (non-hydrogen) atoms. The minimum atomic E-state index is -4.27. The van der Waals surface area contributed by atoms with Crippen LogP contribution in [0.15, 0.2) is 80.2 Å². The van der Waals surface area contributed by atoms with Gasteiger partial charge in [-0.25, -0.2) is 47.9 Å². The van der Waals surface area contributed by atoms with Gasteiger partial charge in [0.15, 0.2) is 34.9 Å². The maximum Gasteiger partial charge on any atom is 0.238 e. The van der Waals surface area contributed by atoms with Crippen LogP contribution in [0.25, 0.3) is 0 Å². The summed E-state index contributed by atoms with van der Waals surface area (Å²) in [5.41, 5.74) is 0.928. The molecule has 4 aromatic rings. The summed E-state index contributed by atoms with van der Waals surface area (Å²) >= 11 is 0. The van der Waals surface area contributed by atoms with Crippen LogP contribution in [-0.2, 0) is 21.0 Å². The van der Waals surface area contributed by atoms with Crippen molar-refractivity contribution in [3.8, 4) is 0 Å². The quantitative estimate of drug-likeness (QED) is 0.146. The minimum Gasteiger partial charge on any atom is -0.744 e. The lowest BCUT2D eigenvalue weighted by Crippen LogP contribution is -2.17. The van der Waals surface area contributed by atoms with Gasteiger partial charge in [-0.05, 0) is 19.1 Å². The van der Waals surface area contributed by atoms with Gasteiger partial charge in [0.25, 0.3) is 0 Å². The molecule has 0 amide bonds. The first-order valence-electron chi connectivity index (χ1n) is 10.3. The van der Waals surface area contributed by atoms with E-state index in [0.29, 0.717) is 0 Å². The molecule has 0 saturated heterocycles. The molecule has 14 heteroatoms. The fourth-order valence-corrected chi connectivity index (χ4v) is 5.79. The van der Waals surface area contributed by atoms with Crippen LogP contribution in [0, 0.1) is 59.3 Å². The van der Waals surface area contributed by atoms with Crippen LogP contribution in [-0.4, -0.2) is 13.0 Å². The Kier molecular flexibility index (Phi) is 9.03. The first-order valence-corrected chi connectivity index (χ1v) is 12.9. The number of halogens is 9. The molecule has 0 saturated carbocycles. The van der Waals surface area contributed by atoms with E-state index in [-0.39, 0.29) is 41.3 Å². The molecule has 0 aliphatic rings. The van der Waals surface area contributed by atoms with Gasteiger partial charge in [-0.2, -0.15) is 0 Å². The molecule has 0 N–H and O–H groups in total. The van der Waals surface area contributed by atoms with Crippen LogP contribution in [0.1, 0.15) is 5.56 Å². The zero-order chi connectivity index (χ0) is 29.2. The van der Waals surface area contributed by atoms with Crippen LogP contribution in [0.5, 0.6) is 0 Å². The first-order chi connectivity index (χ1) is 18.1. The average Bonchev–Trinajstić information content (AvgIpc) is 2.77. The number of rotatable bonds is 4. The van der Waals surface area contributed by atoms with Gasteiger partial charge in [0.1, 0.15) is 38.5 Å². The zero-order valence-corrected chi connectivity index (χ0v) is 20.8. The van der Waals surface area contributed by atoms with Crippen LogP contribution in [0.3, 0.4) is 0 Å². The van der Waals surface area contributed by atoms with Crippen molar-refractivity contribution >= 4 is 21.0 Å². The number of aryl methyl sites for hydroxylation is 1. The number of benzene rings is 4. The van der Waals surface area contributed by atoms with E-state index in [9.17, 15) is 52.5 Å². The summed E-state index contributed by atoms with van der Waals surface area (Å²) < 4.78 is 157. The van der Waals surface area contributed by atoms with Gasteiger partial charge >= 0.3 is 0 Å². The number of hydrogen-bond acceptors (Lipinski definition) is 3. The third kappa shape index (κ3) is 6.94. The van der Waals surface area contributed by atoms with Gasteiger partial charge in [-0.15, -0.1) is 0 Å². The Balaban J connectivity index is 0.000000320. The molecule has 0 aromatic heterocycles. The molecule has 0 aliphatic heterocycles. The van der Waals surface area contributed by atoms with Gasteiger partial charge in [-0.1, -0.05) is 17.7 Å². The van der Waals surface area contributed by atoms with Crippen LogP contribution in [0.4, 0.5) is 39.5 Å². The summed E-state index contributed by atoms with van der Waals surface area (Å²) in [6.45, 7) is 1.82. The van der Waals surface area contributed by atoms with Gasteiger partial charge in [0, 0.05) is 36.4 Å². The summed E-state index contributed by atoms with van der Waals surface area (Å²) in [6.07, 6.45) is 0. The SMILES string of the molecule is Cc1ccc(S(=O)(=O)[O-])cc1.Fc1cc(F)c([S+](c2c(F)cc(F)cc2F)c2c(F)cc(F)cc2F)c(F)c1. The van der Waals surface area contributed by atoms with E-state index in [1.807, 2.05) is 6.92 Å². The maximum atomic E-state index is 14.3. The van der Waals surface area contributed by atoms with Crippen molar-refractivity contribution in [3.05, 3.63) is 119 Å². The molecule has 0 bridgehead atoms. The predicted molar refractivity (Wildman–Crippen MR) is 120 cm³/mol. The van der Waals surface area contributed by atoms with E-state index in [1.54, 1.807) is 12.1 Å². The van der Waals surface area contributed by atoms with Gasteiger partial charge < -0.3 is 4.55 Å². The summed E-state index contributed by atoms with van der Waals surface area (Å²) in [5.74, 6) is -14.4. The lowest BCUT2D eigenvalue weighted by Gasteiger charge is -2.12. The Hall–Kier alpha value is -3.49. The second kappa shape index (κ2) is 11.7. The Morgan fingerprint density at radius 3 is 1.03 bits per heavy atom. The standard InChI is InChI=1S/C18H6F9S.C7H8O3S/c19-7-1-10(22)16(11(23)2-7)28(17-12(24)3-8(20)4-13(17)25)18-14(26)5-9(21)6-15(18)27;1-6-2-4-7(5-3-6)11(8,9)10/h1-6H;2-5H,1H3,(H,8,9,10)/q+1;/p-1. The van der Waals surface area contributed by atoms with Crippen molar-refractivity contribution in [1.82, 2.24) is 0 Å². The maximum absolute atomic E-state index is 14.3. The third-order valence-electron chi connectivity index (χ3n) is 4.81. The Bertz CT molecular complexity index is 1440. The molecule has 206 valence electrons. The molecule has 4 rings (SSSR count). The number of hydrogen-bond donors (Lipinski definition) is 0. The van der Waals surface area contributed by atoms with E-state index < -0.39 is 88.1 Å². The second-order valence-corrected chi connectivity index (χ2v) is 10.9. The predicted octanol–water partition coefficient (Wildman–Crippen LogP) is 6.93. The monoisotopic (exact) mass is 596 g/mol. The van der Waals surface area contributed by atoms with Crippen LogP contribution in [0.2, 0.25) is 0 Å². The Labute approximate surface area is 218 Å². The van der Waals surface area contributed by atoms with Crippen molar-refractivity contribution in [2.24, 2.45) is 0 Å². The van der Waals surface area contributed by atoms with Crippen molar-refractivity contribution in [3.63, 3.8) is 0 Å². The van der Waals surface area contributed by atoms with Gasteiger partial charge in [0.2, 0.25) is 14.7 Å². The summed E-state index contributed by atoms with van der Waals surface area (Å²) in [5, 5.41) is 0. The summed E-state index contributed by atoms with van der Waals surface area (Å²) in [6, 6.07) is 6.60. The van der Waals surface area contributed by atoms with E-state index in [4.69, 9.17) is 0 Å². The third-order valence-corrected chi connectivity index (χ3v) is 8.06. The molecule has 0 unspecified atom stereocenters. The van der Waals surface area contributed by atoms with Crippen molar-refractivity contribution in [2.45, 2.75) is 26.5 Å². The van der Waals surface area contributed by atoms with E-state index in [1.165, 1.54) is 12.1 Å². The first kappa shape index (κ1) is 30.1. The Morgan fingerprint density at radius 2 is 0.795 bits per heavy atom. The fraction of sp³-hybridized carbons (Fsp3) is 0.0400. The highest BCUT2D eigenvalue weighted by atomic mass is 32.2. The molecular formula is C25H13F9O3S2. The van der Waals surface area contributed by atoms with E-state index >= 15 is 0 Å². The normalized spacial score (nSPS) is 11.4. The minimum absolute atomic E-state index is 0.136. The topological polar surface area (TPSA) is 57.2 Å². The Morgan fingerprint density at radius 1 is 0.538 bits per heavy atom. The van der Waals surface area contributed by atoms with Crippen molar-refractivity contribution in [2.75, 3.05) is 0 Å². The molecule has 4 aromatic carbocycles. The van der Waals surface area contributed by atoms with E-state index in [2.05, 4.69) is 0 Å². The van der Waals surface area contributed by atoms with Crippen molar-refractivity contribution in [1.29, 1.82) is 0 Å². The molecule has 0 radical (unpaired) electrons. The van der Waals surface area contributed by atoms with Crippen LogP contribution < -0.4 is 0 Å². The molecule has 0 spiro atoms. The van der Waals surface area contributed by atoms with E-state index in [0.717, 1.165) is 5.56 Å². The van der Waals surface area contributed by atoms with Crippen LogP contribution >= 0.6 is 0 Å². The average molecular weight is 596 g/mol. The smallest absolute Gasteiger partial charge is 0.238 e. The molecule has 0 aliphatic carbocycles. The highest BCUT2D eigenvalue weighted by molar-refractivity contribution is 7.97. The summed E-state index contributed by atoms with van der Waals surface area (Å²) in [4.78, 5) is -4.02.